The van der Waals surface area contributed by atoms with E-state index in [2.05, 4.69) is 4.89 Å². The molecule has 3 nitrogen and oxygen atoms in total. The zero-order valence-electron chi connectivity index (χ0n) is 5.05. The first-order valence-electron chi connectivity index (χ1n) is 2.57. The van der Waals surface area contributed by atoms with Gasteiger partial charge in [-0.2, -0.15) is 5.26 Å². The summed E-state index contributed by atoms with van der Waals surface area (Å²) in [5.74, 6) is -0.896. The second kappa shape index (κ2) is 3.61. The van der Waals surface area contributed by atoms with Crippen LogP contribution in [0.1, 0.15) is 21.1 Å². The van der Waals surface area contributed by atoms with Gasteiger partial charge in [-0.1, -0.05) is 6.92 Å². The summed E-state index contributed by atoms with van der Waals surface area (Å²) in [4.78, 5) is 13.4. The average Bonchev–Trinajstić information content (AvgIpc) is 1.84. The lowest BCUT2D eigenvalue weighted by Gasteiger charge is -1.87. The number of hydrogen-bond acceptors (Lipinski definition) is 3. The van der Waals surface area contributed by atoms with Crippen molar-refractivity contribution in [2.75, 3.05) is 0 Å². The normalized spacial score (nSPS) is 14.9. The van der Waals surface area contributed by atoms with Gasteiger partial charge < -0.3 is 4.89 Å². The highest BCUT2D eigenvalue weighted by molar-refractivity contribution is 5.68. The van der Waals surface area contributed by atoms with Crippen molar-refractivity contribution in [2.24, 2.45) is 0 Å². The monoisotopic (exact) mass is 105 g/mol. The van der Waals surface area contributed by atoms with Gasteiger partial charge in [-0.05, 0) is 6.42 Å². The van der Waals surface area contributed by atoms with Gasteiger partial charge in [0.05, 0.1) is 0 Å². The molecular formula is C4H8O3. The molecule has 0 aromatic heterocycles. The van der Waals surface area contributed by atoms with Gasteiger partial charge in [0, 0.05) is 7.77 Å². The van der Waals surface area contributed by atoms with Gasteiger partial charge in [-0.15, -0.1) is 0 Å². The molecule has 1 unspecified atom stereocenters. The summed E-state index contributed by atoms with van der Waals surface area (Å²) in [6.07, 6.45) is -0.584. The van der Waals surface area contributed by atoms with Gasteiger partial charge >= 0.3 is 5.97 Å². The number of carbonyl (C=O) groups excluding carboxylic acids is 1. The first kappa shape index (κ1) is 4.59. The maximum Gasteiger partial charge on any atom is 0.342 e. The van der Waals surface area contributed by atoms with E-state index in [-0.39, 0.29) is 0 Å². The minimum absolute atomic E-state index is 0.361. The Balaban J connectivity index is 3.46. The molecule has 0 fully saturated rings. The van der Waals surface area contributed by atoms with Gasteiger partial charge in [0.15, 0.2) is 0 Å². The fraction of sp³-hybridized carbons (Fsp3) is 0.750. The highest BCUT2D eigenvalue weighted by Gasteiger charge is 1.95. The van der Waals surface area contributed by atoms with Crippen molar-refractivity contribution in [1.82, 2.24) is 0 Å². The number of hydrogen-bond donors (Lipinski definition) is 1. The summed E-state index contributed by atoms with van der Waals surface area (Å²) in [7, 11) is 0. The first-order valence-corrected chi connectivity index (χ1v) is 1.99. The molecule has 1 N–H and O–H groups in total. The molecule has 0 aliphatic heterocycles. The molecule has 0 radical (unpaired) electrons. The van der Waals surface area contributed by atoms with E-state index in [4.69, 9.17) is 6.63 Å². The van der Waals surface area contributed by atoms with Gasteiger partial charge in [0.25, 0.3) is 0 Å². The highest BCUT2D eigenvalue weighted by atomic mass is 17.1. The Hall–Kier alpha value is -0.570. The second-order valence-corrected chi connectivity index (χ2v) is 1.02. The zero-order chi connectivity index (χ0) is 6.57. The van der Waals surface area contributed by atoms with Crippen LogP contribution in [0.15, 0.2) is 0 Å². The van der Waals surface area contributed by atoms with E-state index in [9.17, 15) is 4.79 Å². The van der Waals surface area contributed by atoms with Crippen LogP contribution in [-0.2, 0) is 9.68 Å². The van der Waals surface area contributed by atoms with E-state index in [1.54, 1.807) is 6.92 Å². The Morgan fingerprint density at radius 1 is 2.14 bits per heavy atom. The third-order valence-electron chi connectivity index (χ3n) is 0.461. The fourth-order valence-corrected chi connectivity index (χ4v) is 0.204. The molecule has 3 heteroatoms. The molecular weight excluding hydrogens is 96.0 g/mol. The second-order valence-electron chi connectivity index (χ2n) is 1.02. The SMILES string of the molecule is [2H]C(CC)C(=O)OO. The molecule has 7 heavy (non-hydrogen) atoms. The molecule has 1 atom stereocenters. The first-order chi connectivity index (χ1) is 3.72. The van der Waals surface area contributed by atoms with Crippen LogP contribution in [-0.4, -0.2) is 11.2 Å². The lowest BCUT2D eigenvalue weighted by molar-refractivity contribution is -0.234. The van der Waals surface area contributed by atoms with Crippen LogP contribution in [0.25, 0.3) is 0 Å². The molecule has 0 aliphatic rings. The van der Waals surface area contributed by atoms with Crippen LogP contribution in [0.5, 0.6) is 0 Å². The van der Waals surface area contributed by atoms with E-state index in [0.717, 1.165) is 0 Å². The highest BCUT2D eigenvalue weighted by Crippen LogP contribution is 1.86. The number of carbonyl (C=O) groups is 1. The minimum Gasteiger partial charge on any atom is -0.301 e. The maximum atomic E-state index is 10.1. The molecule has 0 bridgehead atoms. The lowest BCUT2D eigenvalue weighted by Crippen LogP contribution is -1.97. The zero-order valence-corrected chi connectivity index (χ0v) is 4.05. The van der Waals surface area contributed by atoms with Crippen LogP contribution < -0.4 is 0 Å². The average molecular weight is 105 g/mol. The quantitative estimate of drug-likeness (QED) is 0.417. The van der Waals surface area contributed by atoms with Crippen LogP contribution in [0.4, 0.5) is 0 Å². The molecule has 0 rings (SSSR count). The minimum atomic E-state index is -0.944. The Morgan fingerprint density at radius 3 is 2.86 bits per heavy atom. The number of rotatable bonds is 2. The third-order valence-corrected chi connectivity index (χ3v) is 0.461. The van der Waals surface area contributed by atoms with Crippen molar-refractivity contribution in [1.29, 1.82) is 0 Å². The van der Waals surface area contributed by atoms with E-state index < -0.39 is 12.4 Å². The van der Waals surface area contributed by atoms with Crippen molar-refractivity contribution in [3.63, 3.8) is 0 Å². The van der Waals surface area contributed by atoms with E-state index in [1.807, 2.05) is 0 Å². The van der Waals surface area contributed by atoms with Crippen molar-refractivity contribution >= 4 is 5.97 Å². The van der Waals surface area contributed by atoms with Crippen LogP contribution in [0, 0.1) is 0 Å². The van der Waals surface area contributed by atoms with Crippen LogP contribution >= 0.6 is 0 Å². The van der Waals surface area contributed by atoms with Gasteiger partial charge in [0.2, 0.25) is 0 Å². The fourth-order valence-electron chi connectivity index (χ4n) is 0.204. The van der Waals surface area contributed by atoms with Gasteiger partial charge in [-0.25, -0.2) is 4.79 Å². The predicted octanol–water partition coefficient (Wildman–Crippen LogP) is 0.803. The molecule has 0 aliphatic carbocycles. The van der Waals surface area contributed by atoms with Crippen LogP contribution in [0.2, 0.25) is 0 Å². The largest absolute Gasteiger partial charge is 0.342 e. The molecule has 42 valence electrons. The van der Waals surface area contributed by atoms with Crippen LogP contribution in [0.3, 0.4) is 0 Å². The van der Waals surface area contributed by atoms with Crippen molar-refractivity contribution in [3.05, 3.63) is 0 Å². The van der Waals surface area contributed by atoms with Gasteiger partial charge in [0.1, 0.15) is 0 Å². The molecule has 0 spiro atoms. The molecule has 0 saturated carbocycles. The topological polar surface area (TPSA) is 46.5 Å². The summed E-state index contributed by atoms with van der Waals surface area (Å²) >= 11 is 0. The van der Waals surface area contributed by atoms with Crippen molar-refractivity contribution in [2.45, 2.75) is 19.7 Å². The summed E-state index contributed by atoms with van der Waals surface area (Å²) in [6.45, 7) is 1.66. The Kier molecular flexibility index (Phi) is 2.37. The molecule has 0 saturated heterocycles. The summed E-state index contributed by atoms with van der Waals surface area (Å²) < 4.78 is 6.79. The van der Waals surface area contributed by atoms with Crippen molar-refractivity contribution < 1.29 is 16.3 Å². The van der Waals surface area contributed by atoms with Gasteiger partial charge in [-0.3, -0.25) is 0 Å². The Morgan fingerprint density at radius 2 is 2.71 bits per heavy atom. The molecule has 0 aromatic carbocycles. The predicted molar refractivity (Wildman–Crippen MR) is 23.6 cm³/mol. The Labute approximate surface area is 43.2 Å². The molecule has 0 aromatic rings. The standard InChI is InChI=1S/C4H8O3/c1-2-3-4(5)7-6/h6H,2-3H2,1H3/i3D. The lowest BCUT2D eigenvalue weighted by atomic mass is 10.3. The smallest absolute Gasteiger partial charge is 0.301 e. The maximum absolute atomic E-state index is 10.1. The summed E-state index contributed by atoms with van der Waals surface area (Å²) in [6, 6.07) is 0. The van der Waals surface area contributed by atoms with E-state index in [0.29, 0.717) is 6.42 Å². The third kappa shape index (κ3) is 3.26. The van der Waals surface area contributed by atoms with E-state index >= 15 is 0 Å². The Bertz CT molecular complexity index is 83.4. The molecule has 0 amide bonds. The van der Waals surface area contributed by atoms with Crippen molar-refractivity contribution in [3.8, 4) is 0 Å². The van der Waals surface area contributed by atoms with E-state index in [1.165, 1.54) is 0 Å². The summed E-state index contributed by atoms with van der Waals surface area (Å²) in [5, 5.41) is 7.67. The molecule has 0 heterocycles. The summed E-state index contributed by atoms with van der Waals surface area (Å²) in [5.41, 5.74) is 0.